The van der Waals surface area contributed by atoms with Crippen molar-refractivity contribution in [1.82, 2.24) is 14.3 Å². The summed E-state index contributed by atoms with van der Waals surface area (Å²) < 4.78 is 26.5. The third-order valence-corrected chi connectivity index (χ3v) is 6.11. The summed E-state index contributed by atoms with van der Waals surface area (Å²) in [7, 11) is -2.56. The predicted octanol–water partition coefficient (Wildman–Crippen LogP) is 1.73. The predicted molar refractivity (Wildman–Crippen MR) is 103 cm³/mol. The van der Waals surface area contributed by atoms with E-state index in [4.69, 9.17) is 0 Å². The Balaban J connectivity index is 1.79. The highest BCUT2D eigenvalue weighted by molar-refractivity contribution is 7.89. The first-order valence-electron chi connectivity index (χ1n) is 8.23. The molecule has 1 heterocycles. The van der Waals surface area contributed by atoms with Crippen molar-refractivity contribution in [3.05, 3.63) is 58.0 Å². The number of anilines is 1. The number of fused-ring (bicyclic) bond motifs is 1. The summed E-state index contributed by atoms with van der Waals surface area (Å²) >= 11 is 0. The molecule has 0 radical (unpaired) electrons. The summed E-state index contributed by atoms with van der Waals surface area (Å²) in [5.74, 6) is -0.436. The van der Waals surface area contributed by atoms with Gasteiger partial charge in [0.15, 0.2) is 0 Å². The minimum atomic E-state index is -3.89. The number of sulfonamides is 1. The normalized spacial score (nSPS) is 11.9. The monoisotopic (exact) mass is 388 g/mol. The minimum Gasteiger partial charge on any atom is -0.324 e. The zero-order chi connectivity index (χ0) is 19.8. The van der Waals surface area contributed by atoms with Crippen LogP contribution in [0.25, 0.3) is 11.0 Å². The Morgan fingerprint density at radius 3 is 2.37 bits per heavy atom. The topological polar surface area (TPSA) is 115 Å². The van der Waals surface area contributed by atoms with Gasteiger partial charge >= 0.3 is 5.69 Å². The summed E-state index contributed by atoms with van der Waals surface area (Å²) in [5, 5.41) is 2.77. The summed E-state index contributed by atoms with van der Waals surface area (Å²) in [6, 6.07) is 9.89. The molecule has 0 saturated carbocycles. The molecule has 0 aliphatic heterocycles. The lowest BCUT2D eigenvalue weighted by Gasteiger charge is -2.18. The highest BCUT2D eigenvalue weighted by atomic mass is 32.2. The number of H-pyrrole nitrogens is 2. The van der Waals surface area contributed by atoms with Crippen molar-refractivity contribution in [2.45, 2.75) is 18.7 Å². The number of imidazole rings is 1. The molecule has 0 unspecified atom stereocenters. The Kier molecular flexibility index (Phi) is 4.90. The number of carbonyl (C=O) groups is 1. The van der Waals surface area contributed by atoms with Crippen LogP contribution in [0.1, 0.15) is 11.1 Å². The number of aromatic amines is 2. The first-order chi connectivity index (χ1) is 12.7. The number of nitrogens with zero attached hydrogens (tertiary/aromatic N) is 1. The quantitative estimate of drug-likeness (QED) is 0.617. The van der Waals surface area contributed by atoms with Crippen molar-refractivity contribution in [1.29, 1.82) is 0 Å². The molecule has 0 saturated heterocycles. The van der Waals surface area contributed by atoms with E-state index < -0.39 is 21.6 Å². The lowest BCUT2D eigenvalue weighted by atomic mass is 10.1. The number of amides is 1. The molecule has 142 valence electrons. The van der Waals surface area contributed by atoms with Gasteiger partial charge in [-0.1, -0.05) is 18.2 Å². The van der Waals surface area contributed by atoms with Crippen molar-refractivity contribution < 1.29 is 13.2 Å². The van der Waals surface area contributed by atoms with Crippen LogP contribution in [-0.4, -0.2) is 42.2 Å². The van der Waals surface area contributed by atoms with E-state index >= 15 is 0 Å². The Bertz CT molecular complexity index is 1160. The zero-order valence-electron chi connectivity index (χ0n) is 15.2. The van der Waals surface area contributed by atoms with E-state index in [0.717, 1.165) is 15.4 Å². The average Bonchev–Trinajstić information content (AvgIpc) is 2.97. The Hall–Kier alpha value is -2.91. The molecule has 2 aromatic carbocycles. The Morgan fingerprint density at radius 2 is 1.70 bits per heavy atom. The van der Waals surface area contributed by atoms with Crippen molar-refractivity contribution in [2.24, 2.45) is 0 Å². The molecule has 0 bridgehead atoms. The molecule has 0 spiro atoms. The van der Waals surface area contributed by atoms with E-state index in [1.54, 1.807) is 0 Å². The lowest BCUT2D eigenvalue weighted by molar-refractivity contribution is -0.116. The second-order valence-corrected chi connectivity index (χ2v) is 8.41. The maximum Gasteiger partial charge on any atom is 0.323 e. The average molecular weight is 388 g/mol. The number of nitrogens with one attached hydrogen (secondary N) is 3. The molecule has 0 aliphatic rings. The number of benzene rings is 2. The van der Waals surface area contributed by atoms with Gasteiger partial charge in [0.25, 0.3) is 0 Å². The number of hydrogen-bond donors (Lipinski definition) is 3. The van der Waals surface area contributed by atoms with Crippen LogP contribution in [0.5, 0.6) is 0 Å². The Labute approximate surface area is 156 Å². The van der Waals surface area contributed by atoms with Gasteiger partial charge in [0.05, 0.1) is 22.5 Å². The maximum absolute atomic E-state index is 12.7. The van der Waals surface area contributed by atoms with Gasteiger partial charge in [-0.3, -0.25) is 4.79 Å². The number of aryl methyl sites for hydroxylation is 2. The molecule has 9 heteroatoms. The van der Waals surface area contributed by atoms with Gasteiger partial charge in [-0.2, -0.15) is 4.31 Å². The van der Waals surface area contributed by atoms with Gasteiger partial charge in [-0.05, 0) is 43.2 Å². The van der Waals surface area contributed by atoms with Crippen LogP contribution in [0.3, 0.4) is 0 Å². The van der Waals surface area contributed by atoms with Crippen molar-refractivity contribution >= 4 is 32.7 Å². The van der Waals surface area contributed by atoms with E-state index in [0.29, 0.717) is 16.7 Å². The molecule has 3 aromatic rings. The van der Waals surface area contributed by atoms with Crippen LogP contribution >= 0.6 is 0 Å². The minimum absolute atomic E-state index is 0.00683. The number of likely N-dealkylation sites (N-methyl/N-ethyl adjacent to an activating group) is 1. The van der Waals surface area contributed by atoms with Gasteiger partial charge < -0.3 is 15.3 Å². The summed E-state index contributed by atoms with van der Waals surface area (Å²) in [5.41, 5.74) is 2.95. The van der Waals surface area contributed by atoms with Gasteiger partial charge in [0, 0.05) is 12.7 Å². The molecule has 27 heavy (non-hydrogen) atoms. The zero-order valence-corrected chi connectivity index (χ0v) is 16.0. The van der Waals surface area contributed by atoms with Crippen LogP contribution in [0.15, 0.2) is 46.1 Å². The molecule has 0 fully saturated rings. The van der Waals surface area contributed by atoms with Gasteiger partial charge in [0.1, 0.15) is 0 Å². The SMILES string of the molecule is Cc1cccc(C)c1NC(=O)CN(C)S(=O)(=O)c1ccc2[nH]c(=O)[nH]c2c1. The number of rotatable bonds is 5. The van der Waals surface area contributed by atoms with Crippen LogP contribution in [-0.2, 0) is 14.8 Å². The highest BCUT2D eigenvalue weighted by Crippen LogP contribution is 2.21. The van der Waals surface area contributed by atoms with E-state index in [1.165, 1.54) is 25.2 Å². The first-order valence-corrected chi connectivity index (χ1v) is 9.67. The van der Waals surface area contributed by atoms with Gasteiger partial charge in [-0.15, -0.1) is 0 Å². The van der Waals surface area contributed by atoms with Gasteiger partial charge in [-0.25, -0.2) is 13.2 Å². The highest BCUT2D eigenvalue weighted by Gasteiger charge is 2.24. The molecule has 1 aromatic heterocycles. The molecule has 0 atom stereocenters. The number of hydrogen-bond acceptors (Lipinski definition) is 4. The first kappa shape index (κ1) is 18.9. The molecule has 1 amide bonds. The molecular weight excluding hydrogens is 368 g/mol. The number of carbonyl (C=O) groups excluding carboxylic acids is 1. The Morgan fingerprint density at radius 1 is 1.07 bits per heavy atom. The van der Waals surface area contributed by atoms with Crippen LogP contribution in [0.2, 0.25) is 0 Å². The molecule has 0 aliphatic carbocycles. The second kappa shape index (κ2) is 7.01. The van der Waals surface area contributed by atoms with E-state index in [2.05, 4.69) is 15.3 Å². The van der Waals surface area contributed by atoms with E-state index in [1.807, 2.05) is 32.0 Å². The molecule has 3 rings (SSSR count). The van der Waals surface area contributed by atoms with Crippen LogP contribution < -0.4 is 11.0 Å². The third-order valence-electron chi connectivity index (χ3n) is 4.31. The number of para-hydroxylation sites is 1. The summed E-state index contributed by atoms with van der Waals surface area (Å²) in [6.45, 7) is 3.41. The van der Waals surface area contributed by atoms with E-state index in [9.17, 15) is 18.0 Å². The lowest BCUT2D eigenvalue weighted by Crippen LogP contribution is -2.35. The van der Waals surface area contributed by atoms with E-state index in [-0.39, 0.29) is 11.4 Å². The smallest absolute Gasteiger partial charge is 0.323 e. The fraction of sp³-hybridized carbons (Fsp3) is 0.222. The van der Waals surface area contributed by atoms with Crippen LogP contribution in [0.4, 0.5) is 5.69 Å². The van der Waals surface area contributed by atoms with Crippen molar-refractivity contribution in [3.8, 4) is 0 Å². The van der Waals surface area contributed by atoms with Crippen molar-refractivity contribution in [2.75, 3.05) is 18.9 Å². The maximum atomic E-state index is 12.7. The molecular formula is C18H20N4O4S. The fourth-order valence-electron chi connectivity index (χ4n) is 2.83. The fourth-order valence-corrected chi connectivity index (χ4v) is 3.98. The third kappa shape index (κ3) is 3.79. The molecule has 3 N–H and O–H groups in total. The van der Waals surface area contributed by atoms with Crippen molar-refractivity contribution in [3.63, 3.8) is 0 Å². The summed E-state index contributed by atoms with van der Waals surface area (Å²) in [4.78, 5) is 28.8. The largest absolute Gasteiger partial charge is 0.324 e. The van der Waals surface area contributed by atoms with Crippen LogP contribution in [0, 0.1) is 13.8 Å². The second-order valence-electron chi connectivity index (χ2n) is 6.36. The number of aromatic nitrogens is 2. The standard InChI is InChI=1S/C18H20N4O4S/c1-11-5-4-6-12(2)17(11)21-16(23)10-22(3)27(25,26)13-7-8-14-15(9-13)20-18(24)19-14/h4-9H,10H2,1-3H3,(H,21,23)(H2,19,20,24). The summed E-state index contributed by atoms with van der Waals surface area (Å²) in [6.07, 6.45) is 0. The van der Waals surface area contributed by atoms with Gasteiger partial charge in [0.2, 0.25) is 15.9 Å². The molecule has 8 nitrogen and oxygen atoms in total.